The molecule has 0 bridgehead atoms. The molecule has 0 aliphatic heterocycles. The third kappa shape index (κ3) is 2.24. The van der Waals surface area contributed by atoms with Crippen molar-refractivity contribution in [1.82, 2.24) is 0 Å². The molecule has 0 radical (unpaired) electrons. The van der Waals surface area contributed by atoms with Gasteiger partial charge < -0.3 is 9.84 Å². The number of para-hydroxylation sites is 1. The van der Waals surface area contributed by atoms with Crippen molar-refractivity contribution in [3.63, 3.8) is 0 Å². The summed E-state index contributed by atoms with van der Waals surface area (Å²) in [6.45, 7) is 4.41. The quantitative estimate of drug-likeness (QED) is 0.891. The van der Waals surface area contributed by atoms with Crippen LogP contribution in [0, 0.1) is 5.41 Å². The summed E-state index contributed by atoms with van der Waals surface area (Å²) in [7, 11) is 0. The Hall–Kier alpha value is -1.02. The Morgan fingerprint density at radius 2 is 1.85 bits per heavy atom. The molecule has 2 atom stereocenters. The zero-order valence-corrected chi connectivity index (χ0v) is 12.6. The first kappa shape index (κ1) is 13.9. The van der Waals surface area contributed by atoms with Crippen LogP contribution in [-0.4, -0.2) is 17.3 Å². The van der Waals surface area contributed by atoms with Crippen LogP contribution in [0.15, 0.2) is 24.3 Å². The maximum Gasteiger partial charge on any atom is 0.123 e. The van der Waals surface area contributed by atoms with Crippen molar-refractivity contribution in [3.05, 3.63) is 29.8 Å². The van der Waals surface area contributed by atoms with Gasteiger partial charge in [-0.05, 0) is 30.4 Å². The molecule has 1 aromatic carbocycles. The van der Waals surface area contributed by atoms with E-state index in [1.165, 1.54) is 24.8 Å². The molecule has 1 aromatic rings. The van der Waals surface area contributed by atoms with E-state index >= 15 is 0 Å². The first-order chi connectivity index (χ1) is 9.63. The van der Waals surface area contributed by atoms with Gasteiger partial charge in [0, 0.05) is 11.8 Å². The predicted molar refractivity (Wildman–Crippen MR) is 81.1 cm³/mol. The van der Waals surface area contributed by atoms with Gasteiger partial charge in [0.05, 0.1) is 6.10 Å². The number of hydrogen-bond acceptors (Lipinski definition) is 2. The second kappa shape index (κ2) is 5.40. The van der Waals surface area contributed by atoms with Crippen LogP contribution in [0.1, 0.15) is 63.9 Å². The van der Waals surface area contributed by atoms with Crippen LogP contribution in [-0.2, 0) is 0 Å². The lowest BCUT2D eigenvalue weighted by atomic mass is 9.56. The number of ether oxygens (including phenoxy) is 1. The lowest BCUT2D eigenvalue weighted by molar-refractivity contribution is -0.172. The van der Waals surface area contributed by atoms with E-state index in [4.69, 9.17) is 4.74 Å². The van der Waals surface area contributed by atoms with Crippen molar-refractivity contribution in [2.45, 2.75) is 70.5 Å². The molecule has 0 saturated heterocycles. The Labute approximate surface area is 122 Å². The Morgan fingerprint density at radius 1 is 1.15 bits per heavy atom. The van der Waals surface area contributed by atoms with E-state index in [2.05, 4.69) is 32.0 Å². The largest absolute Gasteiger partial charge is 0.489 e. The highest BCUT2D eigenvalue weighted by molar-refractivity contribution is 5.36. The summed E-state index contributed by atoms with van der Waals surface area (Å²) in [6, 6.07) is 8.36. The normalized spacial score (nSPS) is 28.4. The molecular weight excluding hydrogens is 248 g/mol. The van der Waals surface area contributed by atoms with Gasteiger partial charge in [-0.1, -0.05) is 51.3 Å². The maximum atomic E-state index is 10.3. The fourth-order valence-corrected chi connectivity index (χ4v) is 3.98. The highest BCUT2D eigenvalue weighted by Gasteiger charge is 2.56. The lowest BCUT2D eigenvalue weighted by Crippen LogP contribution is -2.60. The summed E-state index contributed by atoms with van der Waals surface area (Å²) in [5.74, 6) is 1.49. The van der Waals surface area contributed by atoms with Gasteiger partial charge in [-0.2, -0.15) is 0 Å². The Balaban J connectivity index is 1.78. The topological polar surface area (TPSA) is 29.5 Å². The van der Waals surface area contributed by atoms with Gasteiger partial charge in [0.15, 0.2) is 0 Å². The zero-order chi connectivity index (χ0) is 14.2. The molecule has 2 aliphatic rings. The number of aliphatic hydroxyl groups is 1. The number of rotatable bonds is 3. The van der Waals surface area contributed by atoms with Crippen molar-refractivity contribution in [2.24, 2.45) is 5.41 Å². The van der Waals surface area contributed by atoms with Crippen LogP contribution in [0.2, 0.25) is 0 Å². The molecule has 3 rings (SSSR count). The van der Waals surface area contributed by atoms with E-state index in [0.29, 0.717) is 5.92 Å². The van der Waals surface area contributed by atoms with Crippen LogP contribution in [0.3, 0.4) is 0 Å². The molecule has 2 unspecified atom stereocenters. The summed E-state index contributed by atoms with van der Waals surface area (Å²) in [6.07, 6.45) is 6.89. The highest BCUT2D eigenvalue weighted by Crippen LogP contribution is 2.53. The third-order valence-corrected chi connectivity index (χ3v) is 5.34. The molecule has 0 amide bonds. The molecule has 1 N–H and O–H groups in total. The second-order valence-electron chi connectivity index (χ2n) is 6.84. The van der Waals surface area contributed by atoms with Crippen LogP contribution < -0.4 is 4.74 Å². The molecule has 2 nitrogen and oxygen atoms in total. The van der Waals surface area contributed by atoms with Gasteiger partial charge in [0.1, 0.15) is 11.9 Å². The van der Waals surface area contributed by atoms with Crippen LogP contribution in [0.4, 0.5) is 0 Å². The summed E-state index contributed by atoms with van der Waals surface area (Å²) in [5.41, 5.74) is 1.32. The van der Waals surface area contributed by atoms with E-state index in [-0.39, 0.29) is 17.6 Å². The number of hydrogen-bond donors (Lipinski definition) is 1. The van der Waals surface area contributed by atoms with Crippen molar-refractivity contribution in [2.75, 3.05) is 0 Å². The molecule has 2 saturated carbocycles. The van der Waals surface area contributed by atoms with Gasteiger partial charge in [0.2, 0.25) is 0 Å². The number of aliphatic hydroxyl groups excluding tert-OH is 1. The first-order valence-electron chi connectivity index (χ1n) is 8.07. The van der Waals surface area contributed by atoms with Crippen molar-refractivity contribution in [3.8, 4) is 5.75 Å². The molecular formula is C18H26O2. The van der Waals surface area contributed by atoms with Crippen LogP contribution in [0.25, 0.3) is 0 Å². The van der Waals surface area contributed by atoms with E-state index < -0.39 is 0 Å². The standard InChI is InChI=1S/C18H26O2/c1-13(2)14-8-4-5-9-15(14)20-17-12-16(19)18(17)10-6-3-7-11-18/h4-5,8-9,13,16-17,19H,3,6-7,10-12H2,1-2H3. The van der Waals surface area contributed by atoms with Gasteiger partial charge in [-0.15, -0.1) is 0 Å². The van der Waals surface area contributed by atoms with Gasteiger partial charge in [-0.25, -0.2) is 0 Å². The minimum atomic E-state index is -0.154. The lowest BCUT2D eigenvalue weighted by Gasteiger charge is -2.55. The fraction of sp³-hybridized carbons (Fsp3) is 0.667. The zero-order valence-electron chi connectivity index (χ0n) is 12.6. The summed E-state index contributed by atoms with van der Waals surface area (Å²) < 4.78 is 6.35. The Bertz CT molecular complexity index is 460. The second-order valence-corrected chi connectivity index (χ2v) is 6.84. The van der Waals surface area contributed by atoms with Crippen LogP contribution >= 0.6 is 0 Å². The fourth-order valence-electron chi connectivity index (χ4n) is 3.98. The molecule has 20 heavy (non-hydrogen) atoms. The molecule has 2 fully saturated rings. The van der Waals surface area contributed by atoms with Crippen molar-refractivity contribution in [1.29, 1.82) is 0 Å². The minimum absolute atomic E-state index is 0.0440. The molecule has 110 valence electrons. The van der Waals surface area contributed by atoms with E-state index in [1.54, 1.807) is 0 Å². The average molecular weight is 274 g/mol. The van der Waals surface area contributed by atoms with Crippen LogP contribution in [0.5, 0.6) is 5.75 Å². The van der Waals surface area contributed by atoms with E-state index in [9.17, 15) is 5.11 Å². The van der Waals surface area contributed by atoms with Crippen molar-refractivity contribution >= 4 is 0 Å². The summed E-state index contributed by atoms with van der Waals surface area (Å²) >= 11 is 0. The molecule has 1 spiro atoms. The first-order valence-corrected chi connectivity index (χ1v) is 8.07. The Kier molecular flexibility index (Phi) is 3.76. The third-order valence-electron chi connectivity index (χ3n) is 5.34. The van der Waals surface area contributed by atoms with Crippen molar-refractivity contribution < 1.29 is 9.84 Å². The van der Waals surface area contributed by atoms with Gasteiger partial charge in [-0.3, -0.25) is 0 Å². The number of benzene rings is 1. The summed E-state index contributed by atoms with van der Waals surface area (Å²) in [4.78, 5) is 0. The van der Waals surface area contributed by atoms with E-state index in [1.807, 2.05) is 6.07 Å². The van der Waals surface area contributed by atoms with E-state index in [0.717, 1.165) is 25.0 Å². The van der Waals surface area contributed by atoms with Gasteiger partial charge >= 0.3 is 0 Å². The predicted octanol–water partition coefficient (Wildman–Crippen LogP) is 4.27. The molecule has 2 heteroatoms. The molecule has 0 heterocycles. The average Bonchev–Trinajstić information content (AvgIpc) is 2.48. The van der Waals surface area contributed by atoms with Gasteiger partial charge in [0.25, 0.3) is 0 Å². The smallest absolute Gasteiger partial charge is 0.123 e. The highest BCUT2D eigenvalue weighted by atomic mass is 16.5. The maximum absolute atomic E-state index is 10.3. The summed E-state index contributed by atoms with van der Waals surface area (Å²) in [5, 5.41) is 10.3. The minimum Gasteiger partial charge on any atom is -0.489 e. The molecule has 2 aliphatic carbocycles. The molecule has 0 aromatic heterocycles. The SMILES string of the molecule is CC(C)c1ccccc1OC1CC(O)C12CCCCC2. The Morgan fingerprint density at radius 3 is 2.50 bits per heavy atom. The monoisotopic (exact) mass is 274 g/mol.